The van der Waals surface area contributed by atoms with Gasteiger partial charge in [0.05, 0.1) is 12.8 Å². The highest BCUT2D eigenvalue weighted by molar-refractivity contribution is 14.1. The van der Waals surface area contributed by atoms with E-state index >= 15 is 0 Å². The third-order valence-electron chi connectivity index (χ3n) is 2.17. The molecule has 1 amide bonds. The van der Waals surface area contributed by atoms with Crippen molar-refractivity contribution in [2.75, 3.05) is 12.4 Å². The largest absolute Gasteiger partial charge is 0.453 e. The number of hydrogen-bond donors (Lipinski definition) is 3. The third-order valence-corrected chi connectivity index (χ3v) is 3.99. The number of anilines is 1. The van der Waals surface area contributed by atoms with Crippen molar-refractivity contribution in [2.45, 2.75) is 9.96 Å². The molecule has 1 aromatic carbocycles. The molecule has 21 heavy (non-hydrogen) atoms. The van der Waals surface area contributed by atoms with Crippen molar-refractivity contribution in [1.82, 2.24) is 10.6 Å². The number of alkyl halides is 3. The van der Waals surface area contributed by atoms with Gasteiger partial charge in [-0.15, -0.1) is 0 Å². The number of rotatable bonds is 3. The lowest BCUT2D eigenvalue weighted by Crippen LogP contribution is -2.56. The maximum atomic E-state index is 11.2. The number of carbonyl (C=O) groups excluding carboxylic acids is 1. The van der Waals surface area contributed by atoms with E-state index in [0.29, 0.717) is 0 Å². The Kier molecular flexibility index (Phi) is 7.55. The fraction of sp³-hybridized carbons (Fsp3) is 0.273. The van der Waals surface area contributed by atoms with Crippen LogP contribution in [0.4, 0.5) is 10.5 Å². The van der Waals surface area contributed by atoms with E-state index in [2.05, 4.69) is 43.3 Å². The van der Waals surface area contributed by atoms with Crippen LogP contribution in [0.3, 0.4) is 0 Å². The Bertz CT molecular complexity index is 528. The van der Waals surface area contributed by atoms with Crippen molar-refractivity contribution in [1.29, 1.82) is 0 Å². The smallest absolute Gasteiger partial charge is 0.408 e. The molecule has 0 fully saturated rings. The number of amides is 1. The first kappa shape index (κ1) is 18.8. The molecular formula is C11H11Cl3IN3O2S. The van der Waals surface area contributed by atoms with Gasteiger partial charge in [0.15, 0.2) is 11.3 Å². The summed E-state index contributed by atoms with van der Waals surface area (Å²) in [6, 6.07) is 7.50. The molecule has 0 aliphatic carbocycles. The van der Waals surface area contributed by atoms with Crippen LogP contribution in [0.1, 0.15) is 0 Å². The molecule has 0 aliphatic rings. The van der Waals surface area contributed by atoms with Crippen LogP contribution in [0.5, 0.6) is 0 Å². The number of halogens is 4. The summed E-state index contributed by atoms with van der Waals surface area (Å²) in [5.74, 6) is 0. The standard InChI is InChI=1S/C11H11Cl3IN3O2S/c1-20-10(19)18-8(11(12,13)14)17-9(21)16-7-5-3-2-4-6(7)15/h2-5,8H,1H3,(H,18,19)(H2,16,17,21)/t8-/m1/s1. The van der Waals surface area contributed by atoms with E-state index in [1.54, 1.807) is 0 Å². The number of benzene rings is 1. The number of methoxy groups -OCH3 is 1. The maximum Gasteiger partial charge on any atom is 0.408 e. The molecule has 1 rings (SSSR count). The lowest BCUT2D eigenvalue weighted by molar-refractivity contribution is 0.166. The van der Waals surface area contributed by atoms with Gasteiger partial charge >= 0.3 is 6.09 Å². The zero-order chi connectivity index (χ0) is 16.0. The van der Waals surface area contributed by atoms with Gasteiger partial charge in [0.2, 0.25) is 3.79 Å². The SMILES string of the molecule is COC(=O)N[C@@H](NC(=S)Nc1ccccc1I)C(Cl)(Cl)Cl. The molecule has 3 N–H and O–H groups in total. The number of thiocarbonyl (C=S) groups is 1. The van der Waals surface area contributed by atoms with E-state index in [1.807, 2.05) is 24.3 Å². The van der Waals surface area contributed by atoms with Crippen molar-refractivity contribution in [2.24, 2.45) is 0 Å². The van der Waals surface area contributed by atoms with E-state index in [4.69, 9.17) is 47.0 Å². The Hall–Kier alpha value is -0.220. The number of alkyl carbamates (subject to hydrolysis) is 1. The first-order chi connectivity index (χ1) is 9.74. The normalized spacial score (nSPS) is 12.2. The Morgan fingerprint density at radius 2 is 1.95 bits per heavy atom. The second-order valence-electron chi connectivity index (χ2n) is 3.69. The molecule has 0 saturated carbocycles. The number of para-hydroxylation sites is 1. The molecule has 10 heteroatoms. The third kappa shape index (κ3) is 6.60. The fourth-order valence-corrected chi connectivity index (χ4v) is 2.31. The Labute approximate surface area is 156 Å². The quantitative estimate of drug-likeness (QED) is 0.266. The van der Waals surface area contributed by atoms with Gasteiger partial charge in [-0.05, 0) is 46.9 Å². The Morgan fingerprint density at radius 3 is 2.48 bits per heavy atom. The Balaban J connectivity index is 2.73. The van der Waals surface area contributed by atoms with Crippen molar-refractivity contribution in [3.63, 3.8) is 0 Å². The summed E-state index contributed by atoms with van der Waals surface area (Å²) in [7, 11) is 1.20. The summed E-state index contributed by atoms with van der Waals surface area (Å²) in [6.07, 6.45) is -1.81. The van der Waals surface area contributed by atoms with Gasteiger partial charge in [-0.25, -0.2) is 4.79 Å². The molecule has 0 aliphatic heterocycles. The average molecular weight is 483 g/mol. The van der Waals surface area contributed by atoms with Crippen LogP contribution >= 0.6 is 69.6 Å². The summed E-state index contributed by atoms with van der Waals surface area (Å²) >= 11 is 24.7. The second kappa shape index (κ2) is 8.42. The van der Waals surface area contributed by atoms with E-state index in [-0.39, 0.29) is 5.11 Å². The van der Waals surface area contributed by atoms with Crippen LogP contribution in [-0.2, 0) is 4.74 Å². The lowest BCUT2D eigenvalue weighted by Gasteiger charge is -2.27. The summed E-state index contributed by atoms with van der Waals surface area (Å²) in [6.45, 7) is 0. The molecule has 0 aromatic heterocycles. The fourth-order valence-electron chi connectivity index (χ4n) is 1.23. The minimum atomic E-state index is -1.82. The number of ether oxygens (including phenoxy) is 1. The molecule has 0 heterocycles. The summed E-state index contributed by atoms with van der Waals surface area (Å²) in [5.41, 5.74) is 0.789. The molecule has 0 unspecified atom stereocenters. The lowest BCUT2D eigenvalue weighted by atomic mass is 10.3. The van der Waals surface area contributed by atoms with Gasteiger partial charge in [0.25, 0.3) is 0 Å². The highest BCUT2D eigenvalue weighted by Crippen LogP contribution is 2.29. The molecule has 5 nitrogen and oxygen atoms in total. The summed E-state index contributed by atoms with van der Waals surface area (Å²) < 4.78 is 3.61. The monoisotopic (exact) mass is 481 g/mol. The number of carbonyl (C=O) groups is 1. The van der Waals surface area contributed by atoms with Gasteiger partial charge in [0, 0.05) is 3.57 Å². The molecule has 0 saturated heterocycles. The first-order valence-electron chi connectivity index (χ1n) is 5.47. The van der Waals surface area contributed by atoms with Gasteiger partial charge in [-0.3, -0.25) is 5.32 Å². The molecule has 0 spiro atoms. The van der Waals surface area contributed by atoms with Crippen LogP contribution in [0.15, 0.2) is 24.3 Å². The predicted molar refractivity (Wildman–Crippen MR) is 98.1 cm³/mol. The minimum Gasteiger partial charge on any atom is -0.453 e. The number of nitrogens with one attached hydrogen (secondary N) is 3. The minimum absolute atomic E-state index is 0.187. The second-order valence-corrected chi connectivity index (χ2v) is 7.63. The summed E-state index contributed by atoms with van der Waals surface area (Å²) in [4.78, 5) is 11.2. The zero-order valence-corrected chi connectivity index (χ0v) is 15.9. The van der Waals surface area contributed by atoms with Gasteiger partial charge in [-0.1, -0.05) is 46.9 Å². The predicted octanol–water partition coefficient (Wildman–Crippen LogP) is 3.63. The molecule has 1 aromatic rings. The van der Waals surface area contributed by atoms with Crippen LogP contribution in [0, 0.1) is 3.57 Å². The van der Waals surface area contributed by atoms with Crippen molar-refractivity contribution in [3.8, 4) is 0 Å². The molecule has 0 bridgehead atoms. The van der Waals surface area contributed by atoms with Crippen LogP contribution in [0.25, 0.3) is 0 Å². The zero-order valence-electron chi connectivity index (χ0n) is 10.6. The van der Waals surface area contributed by atoms with Crippen LogP contribution < -0.4 is 16.0 Å². The highest BCUT2D eigenvalue weighted by Gasteiger charge is 2.35. The van der Waals surface area contributed by atoms with Gasteiger partial charge in [-0.2, -0.15) is 0 Å². The van der Waals surface area contributed by atoms with Crippen LogP contribution in [-0.4, -0.2) is 28.3 Å². The average Bonchev–Trinajstić information content (AvgIpc) is 2.39. The van der Waals surface area contributed by atoms with Gasteiger partial charge < -0.3 is 15.4 Å². The van der Waals surface area contributed by atoms with E-state index < -0.39 is 16.1 Å². The van der Waals surface area contributed by atoms with Gasteiger partial charge in [0.1, 0.15) is 0 Å². The van der Waals surface area contributed by atoms with E-state index in [1.165, 1.54) is 7.11 Å². The van der Waals surface area contributed by atoms with Crippen LogP contribution in [0.2, 0.25) is 0 Å². The van der Waals surface area contributed by atoms with E-state index in [0.717, 1.165) is 9.26 Å². The van der Waals surface area contributed by atoms with Crippen molar-refractivity contribution in [3.05, 3.63) is 27.8 Å². The molecule has 116 valence electrons. The van der Waals surface area contributed by atoms with Crippen molar-refractivity contribution < 1.29 is 9.53 Å². The van der Waals surface area contributed by atoms with Crippen molar-refractivity contribution >= 4 is 86.5 Å². The number of hydrogen-bond acceptors (Lipinski definition) is 3. The molecular weight excluding hydrogens is 471 g/mol. The summed E-state index contributed by atoms with van der Waals surface area (Å²) in [5, 5.41) is 8.18. The maximum absolute atomic E-state index is 11.2. The Morgan fingerprint density at radius 1 is 1.33 bits per heavy atom. The van der Waals surface area contributed by atoms with E-state index in [9.17, 15) is 4.79 Å². The first-order valence-corrected chi connectivity index (χ1v) is 8.09. The highest BCUT2D eigenvalue weighted by atomic mass is 127. The molecule has 0 radical (unpaired) electrons. The molecule has 1 atom stereocenters. The topological polar surface area (TPSA) is 62.4 Å².